The van der Waals surface area contributed by atoms with Gasteiger partial charge in [-0.3, -0.25) is 9.59 Å². The highest BCUT2D eigenvalue weighted by atomic mass is 16.5. The van der Waals surface area contributed by atoms with Gasteiger partial charge in [-0.15, -0.1) is 0 Å². The van der Waals surface area contributed by atoms with Crippen LogP contribution < -0.4 is 30.3 Å². The van der Waals surface area contributed by atoms with Gasteiger partial charge in [0.05, 0.1) is 33.1 Å². The number of unbranched alkanes of at least 4 members (excludes halogenated alkanes) is 5. The van der Waals surface area contributed by atoms with Crippen LogP contribution in [0.1, 0.15) is 76.0 Å². The van der Waals surface area contributed by atoms with Gasteiger partial charge < -0.3 is 24.8 Å². The summed E-state index contributed by atoms with van der Waals surface area (Å²) in [7, 11) is 4.78. The number of hydrogen-bond donors (Lipinski definition) is 2. The molecule has 2 N–H and O–H groups in total. The number of aryl methyl sites for hydroxylation is 1. The number of carbonyl (C=O) groups is 1. The molecule has 1 atom stereocenters. The van der Waals surface area contributed by atoms with Crippen LogP contribution in [0.15, 0.2) is 29.1 Å². The number of rotatable bonds is 12. The smallest absolute Gasteiger partial charge is 0.217 e. The third-order valence-electron chi connectivity index (χ3n) is 6.76. The molecule has 36 heavy (non-hydrogen) atoms. The fourth-order valence-corrected chi connectivity index (χ4v) is 4.98. The van der Waals surface area contributed by atoms with Crippen molar-refractivity contribution in [3.05, 3.63) is 45.6 Å². The number of anilines is 1. The van der Waals surface area contributed by atoms with Crippen molar-refractivity contribution < 1.29 is 19.0 Å². The quantitative estimate of drug-likeness (QED) is 0.370. The number of hydrogen-bond acceptors (Lipinski definition) is 6. The number of ether oxygens (including phenoxy) is 3. The summed E-state index contributed by atoms with van der Waals surface area (Å²) >= 11 is 0. The molecule has 1 amide bonds. The molecule has 0 radical (unpaired) electrons. The standard InChI is InChI=1S/C29H40N2O5/c1-6-7-8-9-10-11-16-30-24-15-13-21-22(18-25(24)33)23(31-19(2)32)14-12-20-17-26(34-3)28(35-4)29(36-5)27(20)21/h13,15,17-18,23H,6-12,14,16H2,1-5H3,(H,30,33)(H,31,32). The number of nitrogens with one attached hydrogen (secondary N) is 2. The molecule has 1 aliphatic rings. The van der Waals surface area contributed by atoms with Gasteiger partial charge >= 0.3 is 0 Å². The van der Waals surface area contributed by atoms with E-state index in [4.69, 9.17) is 14.2 Å². The van der Waals surface area contributed by atoms with Crippen LogP contribution in [0.2, 0.25) is 0 Å². The number of carbonyl (C=O) groups excluding carboxylic acids is 1. The molecule has 0 aliphatic heterocycles. The largest absolute Gasteiger partial charge is 0.493 e. The summed E-state index contributed by atoms with van der Waals surface area (Å²) in [6, 6.07) is 7.10. The van der Waals surface area contributed by atoms with Crippen molar-refractivity contribution in [1.82, 2.24) is 5.32 Å². The molecule has 7 nitrogen and oxygen atoms in total. The summed E-state index contributed by atoms with van der Waals surface area (Å²) in [5.74, 6) is 1.49. The lowest BCUT2D eigenvalue weighted by molar-refractivity contribution is -0.119. The van der Waals surface area contributed by atoms with Gasteiger partial charge in [-0.2, -0.15) is 0 Å². The molecule has 0 saturated carbocycles. The number of amides is 1. The summed E-state index contributed by atoms with van der Waals surface area (Å²) in [6.07, 6.45) is 8.46. The maximum atomic E-state index is 13.3. The van der Waals surface area contributed by atoms with Crippen LogP contribution in [0.4, 0.5) is 5.69 Å². The normalized spacial score (nSPS) is 14.2. The highest BCUT2D eigenvalue weighted by Gasteiger charge is 2.29. The van der Waals surface area contributed by atoms with Crippen molar-refractivity contribution >= 4 is 11.6 Å². The fourth-order valence-electron chi connectivity index (χ4n) is 4.98. The second-order valence-corrected chi connectivity index (χ2v) is 9.29. The van der Waals surface area contributed by atoms with E-state index in [9.17, 15) is 9.59 Å². The zero-order valence-electron chi connectivity index (χ0n) is 22.3. The molecule has 0 bridgehead atoms. The number of methoxy groups -OCH3 is 3. The van der Waals surface area contributed by atoms with Gasteiger partial charge in [0.2, 0.25) is 17.1 Å². The van der Waals surface area contributed by atoms with Gasteiger partial charge in [0, 0.05) is 19.0 Å². The predicted octanol–water partition coefficient (Wildman–Crippen LogP) is 5.64. The first kappa shape index (κ1) is 27.4. The van der Waals surface area contributed by atoms with Gasteiger partial charge in [0.15, 0.2) is 11.5 Å². The van der Waals surface area contributed by atoms with Crippen LogP contribution in [0.5, 0.6) is 17.2 Å². The molecule has 1 aliphatic carbocycles. The second kappa shape index (κ2) is 13.2. The van der Waals surface area contributed by atoms with E-state index >= 15 is 0 Å². The molecule has 0 fully saturated rings. The summed E-state index contributed by atoms with van der Waals surface area (Å²) in [5, 5.41) is 6.38. The van der Waals surface area contributed by atoms with Crippen LogP contribution in [-0.2, 0) is 11.2 Å². The lowest BCUT2D eigenvalue weighted by Crippen LogP contribution is -2.26. The van der Waals surface area contributed by atoms with E-state index in [-0.39, 0.29) is 17.4 Å². The molecule has 2 aromatic carbocycles. The zero-order valence-corrected chi connectivity index (χ0v) is 22.3. The average Bonchev–Trinajstić information content (AvgIpc) is 3.11. The predicted molar refractivity (Wildman–Crippen MR) is 145 cm³/mol. The Hall–Kier alpha value is -3.22. The molecule has 3 rings (SSSR count). The SMILES string of the molecule is CCCCCCCCNc1ccc2c(cc1=O)C(NC(C)=O)CCc1cc(OC)c(OC)c(OC)c1-2. The van der Waals surface area contributed by atoms with Crippen molar-refractivity contribution in [3.8, 4) is 28.4 Å². The Labute approximate surface area is 214 Å². The minimum absolute atomic E-state index is 0.0968. The van der Waals surface area contributed by atoms with E-state index in [1.807, 2.05) is 18.2 Å². The van der Waals surface area contributed by atoms with E-state index < -0.39 is 0 Å². The Morgan fingerprint density at radius 3 is 2.36 bits per heavy atom. The first-order valence-electron chi connectivity index (χ1n) is 13.0. The summed E-state index contributed by atoms with van der Waals surface area (Å²) < 4.78 is 17.1. The van der Waals surface area contributed by atoms with Gasteiger partial charge in [0.1, 0.15) is 0 Å². The van der Waals surface area contributed by atoms with E-state index in [0.29, 0.717) is 35.8 Å². The van der Waals surface area contributed by atoms with E-state index in [1.165, 1.54) is 32.6 Å². The molecule has 2 aromatic rings. The maximum absolute atomic E-state index is 13.3. The van der Waals surface area contributed by atoms with Crippen LogP contribution in [0, 0.1) is 0 Å². The molecule has 7 heteroatoms. The first-order valence-corrected chi connectivity index (χ1v) is 13.0. The van der Waals surface area contributed by atoms with Gasteiger partial charge in [0.25, 0.3) is 0 Å². The molecular weight excluding hydrogens is 456 g/mol. The third-order valence-corrected chi connectivity index (χ3v) is 6.76. The zero-order chi connectivity index (χ0) is 26.1. The molecule has 0 aromatic heterocycles. The number of benzene rings is 1. The van der Waals surface area contributed by atoms with Gasteiger partial charge in [-0.1, -0.05) is 45.1 Å². The molecule has 0 heterocycles. The maximum Gasteiger partial charge on any atom is 0.217 e. The van der Waals surface area contributed by atoms with E-state index in [2.05, 4.69) is 17.6 Å². The van der Waals surface area contributed by atoms with E-state index in [0.717, 1.165) is 41.6 Å². The lowest BCUT2D eigenvalue weighted by atomic mass is 9.95. The monoisotopic (exact) mass is 496 g/mol. The van der Waals surface area contributed by atoms with Gasteiger partial charge in [-0.25, -0.2) is 0 Å². The fraction of sp³-hybridized carbons (Fsp3) is 0.517. The van der Waals surface area contributed by atoms with Crippen molar-refractivity contribution in [1.29, 1.82) is 0 Å². The van der Waals surface area contributed by atoms with E-state index in [1.54, 1.807) is 27.4 Å². The number of fused-ring (bicyclic) bond motifs is 3. The highest BCUT2D eigenvalue weighted by molar-refractivity contribution is 5.83. The first-order chi connectivity index (χ1) is 17.4. The third kappa shape index (κ3) is 6.31. The van der Waals surface area contributed by atoms with Crippen LogP contribution in [0.3, 0.4) is 0 Å². The molecule has 1 unspecified atom stereocenters. The van der Waals surface area contributed by atoms with Gasteiger partial charge in [-0.05, 0) is 54.2 Å². The molecule has 0 saturated heterocycles. The summed E-state index contributed by atoms with van der Waals surface area (Å²) in [5.41, 5.74) is 3.94. The molecule has 196 valence electrons. The topological polar surface area (TPSA) is 85.9 Å². The summed E-state index contributed by atoms with van der Waals surface area (Å²) in [4.78, 5) is 25.3. The van der Waals surface area contributed by atoms with Crippen molar-refractivity contribution in [3.63, 3.8) is 0 Å². The Kier molecular flexibility index (Phi) is 10.0. The second-order valence-electron chi connectivity index (χ2n) is 9.29. The average molecular weight is 497 g/mol. The van der Waals surface area contributed by atoms with Crippen LogP contribution in [0.25, 0.3) is 11.1 Å². The minimum Gasteiger partial charge on any atom is -0.493 e. The Balaban J connectivity index is 2.06. The Morgan fingerprint density at radius 2 is 1.69 bits per heavy atom. The lowest BCUT2D eigenvalue weighted by Gasteiger charge is -2.19. The van der Waals surface area contributed by atoms with Crippen molar-refractivity contribution in [2.24, 2.45) is 0 Å². The molecular formula is C29H40N2O5. The highest BCUT2D eigenvalue weighted by Crippen LogP contribution is 2.50. The van der Waals surface area contributed by atoms with Crippen LogP contribution >= 0.6 is 0 Å². The van der Waals surface area contributed by atoms with Crippen molar-refractivity contribution in [2.45, 2.75) is 71.3 Å². The summed E-state index contributed by atoms with van der Waals surface area (Å²) in [6.45, 7) is 4.46. The minimum atomic E-state index is -0.307. The molecule has 0 spiro atoms. The van der Waals surface area contributed by atoms with Crippen LogP contribution in [-0.4, -0.2) is 33.8 Å². The van der Waals surface area contributed by atoms with Crippen molar-refractivity contribution in [2.75, 3.05) is 33.2 Å². The Morgan fingerprint density at radius 1 is 0.972 bits per heavy atom. The Bertz CT molecular complexity index is 1120.